The van der Waals surface area contributed by atoms with Gasteiger partial charge < -0.3 is 9.29 Å². The van der Waals surface area contributed by atoms with Crippen molar-refractivity contribution in [2.24, 2.45) is 0 Å². The lowest BCUT2D eigenvalue weighted by Gasteiger charge is -2.11. The Morgan fingerprint density at radius 2 is 0.712 bits per heavy atom. The second-order valence-corrected chi connectivity index (χ2v) is 17.3. The van der Waals surface area contributed by atoms with Crippen molar-refractivity contribution in [3.05, 3.63) is 182 Å². The molecule has 0 bridgehead atoms. The van der Waals surface area contributed by atoms with Gasteiger partial charge in [-0.3, -0.25) is 0 Å². The molecule has 0 unspecified atom stereocenters. The number of methoxy groups -OCH3 is 1. The predicted octanol–water partition coefficient (Wildman–Crippen LogP) is 11.6. The Morgan fingerprint density at radius 3 is 1.02 bits per heavy atom. The molecule has 0 fully saturated rings. The molecule has 7 aromatic rings. The lowest BCUT2D eigenvalue weighted by molar-refractivity contribution is 0.414. The third-order valence-corrected chi connectivity index (χ3v) is 12.1. The molecule has 0 spiro atoms. The number of ether oxygens (including phenoxy) is 1. The van der Waals surface area contributed by atoms with Gasteiger partial charge in [-0.25, -0.2) is 8.42 Å². The molecule has 0 aromatic heterocycles. The molecule has 0 aliphatic carbocycles. The van der Waals surface area contributed by atoms with Gasteiger partial charge in [-0.2, -0.15) is 0 Å². The summed E-state index contributed by atoms with van der Waals surface area (Å²) in [6, 6.07) is 65.3. The third kappa shape index (κ3) is 10.7. The molecule has 0 saturated heterocycles. The molecule has 0 aliphatic rings. The summed E-state index contributed by atoms with van der Waals surface area (Å²) in [6.45, 7) is 0. The van der Waals surface area contributed by atoms with Crippen LogP contribution in [-0.2, 0) is 21.0 Å². The standard InChI is InChI=1S/C43H33OS3.CH4O3S/c1-44-36-16-26-41(27-17-36)47(42-28-22-39(23-29-42)45-37-18-12-34(13-19-37)32-8-4-2-5-9-32)43-30-24-40(25-31-43)46-38-20-14-35(15-21-38)33-10-6-3-7-11-33;1-5(2,3)4/h2-31H,1H3;1H3,(H,2,3,4)/q+1;/p-1. The van der Waals surface area contributed by atoms with E-state index in [1.807, 2.05) is 0 Å². The van der Waals surface area contributed by atoms with E-state index in [2.05, 4.69) is 182 Å². The van der Waals surface area contributed by atoms with E-state index in [9.17, 15) is 0 Å². The largest absolute Gasteiger partial charge is 0.748 e. The lowest BCUT2D eigenvalue weighted by Crippen LogP contribution is -2.04. The molecular weight excluding hydrogens is 721 g/mol. The van der Waals surface area contributed by atoms with E-state index in [-0.39, 0.29) is 10.9 Å². The molecule has 0 radical (unpaired) electrons. The smallest absolute Gasteiger partial charge is 0.166 e. The van der Waals surface area contributed by atoms with Gasteiger partial charge in [0.2, 0.25) is 0 Å². The van der Waals surface area contributed by atoms with Crippen LogP contribution in [0.5, 0.6) is 5.75 Å². The van der Waals surface area contributed by atoms with E-state index < -0.39 is 10.1 Å². The Hall–Kier alpha value is -4.70. The zero-order chi connectivity index (χ0) is 36.3. The Kier molecular flexibility index (Phi) is 12.6. The predicted molar refractivity (Wildman–Crippen MR) is 216 cm³/mol. The molecule has 0 aliphatic heterocycles. The van der Waals surface area contributed by atoms with E-state index in [0.717, 1.165) is 5.75 Å². The zero-order valence-electron chi connectivity index (χ0n) is 28.6. The zero-order valence-corrected chi connectivity index (χ0v) is 31.9. The van der Waals surface area contributed by atoms with Crippen LogP contribution in [0.25, 0.3) is 22.3 Å². The van der Waals surface area contributed by atoms with Crippen molar-refractivity contribution in [2.75, 3.05) is 13.4 Å². The van der Waals surface area contributed by atoms with Gasteiger partial charge in [0.05, 0.1) is 28.1 Å². The number of benzene rings is 7. The van der Waals surface area contributed by atoms with E-state index in [1.165, 1.54) is 56.5 Å². The van der Waals surface area contributed by atoms with Crippen molar-refractivity contribution in [2.45, 2.75) is 34.3 Å². The maximum atomic E-state index is 9.08. The summed E-state index contributed by atoms with van der Waals surface area (Å²) >= 11 is 3.59. The van der Waals surface area contributed by atoms with Gasteiger partial charge in [0.1, 0.15) is 5.75 Å². The van der Waals surface area contributed by atoms with Crippen LogP contribution in [0.3, 0.4) is 0 Å². The molecule has 260 valence electrons. The highest BCUT2D eigenvalue weighted by molar-refractivity contribution is 7.99. The average Bonchev–Trinajstić information content (AvgIpc) is 3.17. The fraction of sp³-hybridized carbons (Fsp3) is 0.0455. The Balaban J connectivity index is 0.000000870. The molecular formula is C44H36O4S4. The fourth-order valence-corrected chi connectivity index (χ4v) is 9.05. The fourth-order valence-electron chi connectivity index (χ4n) is 5.37. The van der Waals surface area contributed by atoms with Crippen LogP contribution in [-0.4, -0.2) is 26.3 Å². The summed E-state index contributed by atoms with van der Waals surface area (Å²) in [7, 11) is -2.46. The van der Waals surface area contributed by atoms with E-state index in [4.69, 9.17) is 17.7 Å². The van der Waals surface area contributed by atoms with Crippen molar-refractivity contribution in [1.82, 2.24) is 0 Å². The monoisotopic (exact) mass is 756 g/mol. The Bertz CT molecular complexity index is 2120. The summed E-state index contributed by atoms with van der Waals surface area (Å²) in [5, 5.41) is 0. The summed E-state index contributed by atoms with van der Waals surface area (Å²) in [5.41, 5.74) is 4.95. The second-order valence-electron chi connectivity index (χ2n) is 11.6. The Morgan fingerprint density at radius 1 is 0.442 bits per heavy atom. The number of hydrogen-bond donors (Lipinski definition) is 0. The second kappa shape index (κ2) is 17.7. The normalized spacial score (nSPS) is 11.1. The summed E-state index contributed by atoms with van der Waals surface area (Å²) < 4.78 is 32.7. The maximum Gasteiger partial charge on any atom is 0.166 e. The van der Waals surface area contributed by atoms with Gasteiger partial charge in [-0.15, -0.1) is 0 Å². The summed E-state index contributed by atoms with van der Waals surface area (Å²) in [5.74, 6) is 0.868. The van der Waals surface area contributed by atoms with Gasteiger partial charge in [0, 0.05) is 25.8 Å². The quantitative estimate of drug-likeness (QED) is 0.102. The first-order valence-electron chi connectivity index (χ1n) is 16.4. The molecule has 8 heteroatoms. The Labute approximate surface area is 318 Å². The highest BCUT2D eigenvalue weighted by Crippen LogP contribution is 2.37. The molecule has 0 atom stereocenters. The van der Waals surface area contributed by atoms with Crippen LogP contribution in [0.4, 0.5) is 0 Å². The first kappa shape index (κ1) is 37.1. The van der Waals surface area contributed by atoms with Gasteiger partial charge in [0.25, 0.3) is 0 Å². The van der Waals surface area contributed by atoms with Crippen molar-refractivity contribution >= 4 is 44.5 Å². The molecule has 4 nitrogen and oxygen atoms in total. The van der Waals surface area contributed by atoms with Crippen LogP contribution < -0.4 is 4.74 Å². The molecule has 0 N–H and O–H groups in total. The summed E-state index contributed by atoms with van der Waals surface area (Å²) in [4.78, 5) is 8.75. The van der Waals surface area contributed by atoms with Crippen LogP contribution in [0, 0.1) is 0 Å². The molecule has 7 rings (SSSR count). The van der Waals surface area contributed by atoms with Gasteiger partial charge in [-0.05, 0) is 119 Å². The molecule has 0 amide bonds. The van der Waals surface area contributed by atoms with E-state index in [0.29, 0.717) is 6.26 Å². The third-order valence-electron chi connectivity index (χ3n) is 7.81. The van der Waals surface area contributed by atoms with Crippen LogP contribution in [0.1, 0.15) is 0 Å². The summed E-state index contributed by atoms with van der Waals surface area (Å²) in [6.07, 6.45) is 0.604. The minimum atomic E-state index is -3.92. The maximum absolute atomic E-state index is 9.08. The topological polar surface area (TPSA) is 66.4 Å². The first-order valence-corrected chi connectivity index (χ1v) is 21.1. The van der Waals surface area contributed by atoms with Crippen molar-refractivity contribution < 1.29 is 17.7 Å². The lowest BCUT2D eigenvalue weighted by atomic mass is 10.1. The van der Waals surface area contributed by atoms with Gasteiger partial charge in [-0.1, -0.05) is 108 Å². The van der Waals surface area contributed by atoms with Crippen LogP contribution in [0.15, 0.2) is 216 Å². The van der Waals surface area contributed by atoms with Crippen molar-refractivity contribution in [3.63, 3.8) is 0 Å². The molecule has 0 heterocycles. The van der Waals surface area contributed by atoms with Gasteiger partial charge in [0.15, 0.2) is 14.7 Å². The van der Waals surface area contributed by atoms with Crippen LogP contribution >= 0.6 is 23.5 Å². The highest BCUT2D eigenvalue weighted by Gasteiger charge is 2.29. The van der Waals surface area contributed by atoms with Gasteiger partial charge >= 0.3 is 0 Å². The molecule has 0 saturated carbocycles. The van der Waals surface area contributed by atoms with E-state index >= 15 is 0 Å². The first-order chi connectivity index (χ1) is 25.2. The highest BCUT2D eigenvalue weighted by atomic mass is 32.2. The average molecular weight is 757 g/mol. The van der Waals surface area contributed by atoms with Crippen LogP contribution in [0.2, 0.25) is 0 Å². The molecule has 7 aromatic carbocycles. The number of hydrogen-bond acceptors (Lipinski definition) is 6. The number of rotatable bonds is 10. The minimum absolute atomic E-state index is 0.257. The minimum Gasteiger partial charge on any atom is -0.748 e. The van der Waals surface area contributed by atoms with Crippen molar-refractivity contribution in [1.29, 1.82) is 0 Å². The molecule has 52 heavy (non-hydrogen) atoms. The van der Waals surface area contributed by atoms with E-state index in [1.54, 1.807) is 30.6 Å². The van der Waals surface area contributed by atoms with Crippen molar-refractivity contribution in [3.8, 4) is 28.0 Å². The SMILES string of the molecule is COc1ccc([S+](c2ccc(Sc3ccc(-c4ccccc4)cc3)cc2)c2ccc(Sc3ccc(-c4ccccc4)cc3)cc2)cc1.CS(=O)(=O)[O-].